The zero-order chi connectivity index (χ0) is 22.8. The van der Waals surface area contributed by atoms with Crippen LogP contribution in [0.15, 0.2) is 58.3 Å². The van der Waals surface area contributed by atoms with Crippen molar-refractivity contribution in [1.82, 2.24) is 4.90 Å². The van der Waals surface area contributed by atoms with Crippen LogP contribution in [0.5, 0.6) is 0 Å². The van der Waals surface area contributed by atoms with Crippen LogP contribution < -0.4 is 4.90 Å². The van der Waals surface area contributed by atoms with Crippen molar-refractivity contribution in [2.24, 2.45) is 0 Å². The number of carbonyl (C=O) groups is 1. The number of ether oxygens (including phenoxy) is 1. The van der Waals surface area contributed by atoms with Crippen LogP contribution in [0.2, 0.25) is 0 Å². The maximum absolute atomic E-state index is 12.9. The van der Waals surface area contributed by atoms with E-state index in [2.05, 4.69) is 0 Å². The minimum atomic E-state index is -4.03. The van der Waals surface area contributed by atoms with Gasteiger partial charge in [-0.05, 0) is 45.0 Å². The molecule has 1 aliphatic rings. The second kappa shape index (κ2) is 8.54. The van der Waals surface area contributed by atoms with E-state index in [0.717, 1.165) is 0 Å². The lowest BCUT2D eigenvalue weighted by Gasteiger charge is -2.36. The smallest absolute Gasteiger partial charge is 0.410 e. The molecule has 0 unspecified atom stereocenters. The highest BCUT2D eigenvalue weighted by atomic mass is 32.2. The van der Waals surface area contributed by atoms with Gasteiger partial charge in [0.1, 0.15) is 10.5 Å². The number of rotatable bonds is 4. The minimum Gasteiger partial charge on any atom is -0.444 e. The predicted octanol–water partition coefficient (Wildman–Crippen LogP) is 3.48. The van der Waals surface area contributed by atoms with Gasteiger partial charge >= 0.3 is 6.09 Å². The summed E-state index contributed by atoms with van der Waals surface area (Å²) in [5.41, 5.74) is -0.534. The van der Waals surface area contributed by atoms with Gasteiger partial charge in [-0.3, -0.25) is 10.1 Å². The van der Waals surface area contributed by atoms with Crippen molar-refractivity contribution in [3.63, 3.8) is 0 Å². The molecule has 0 aliphatic carbocycles. The molecule has 166 valence electrons. The topological polar surface area (TPSA) is 110 Å². The van der Waals surface area contributed by atoms with Gasteiger partial charge in [-0.1, -0.05) is 18.2 Å². The van der Waals surface area contributed by atoms with Crippen molar-refractivity contribution in [3.05, 3.63) is 58.6 Å². The first-order chi connectivity index (χ1) is 14.5. The number of anilines is 1. The van der Waals surface area contributed by atoms with Gasteiger partial charge in [0.25, 0.3) is 5.69 Å². The molecule has 3 rings (SSSR count). The average molecular weight is 448 g/mol. The van der Waals surface area contributed by atoms with Crippen molar-refractivity contribution in [2.45, 2.75) is 36.2 Å². The zero-order valence-electron chi connectivity index (χ0n) is 17.6. The monoisotopic (exact) mass is 447 g/mol. The van der Waals surface area contributed by atoms with Crippen LogP contribution in [-0.2, 0) is 14.6 Å². The molecule has 31 heavy (non-hydrogen) atoms. The predicted molar refractivity (Wildman–Crippen MR) is 115 cm³/mol. The van der Waals surface area contributed by atoms with E-state index in [-0.39, 0.29) is 9.79 Å². The minimum absolute atomic E-state index is 0.00294. The molecule has 9 nitrogen and oxygen atoms in total. The van der Waals surface area contributed by atoms with Crippen LogP contribution in [0.4, 0.5) is 16.2 Å². The molecule has 1 aliphatic heterocycles. The van der Waals surface area contributed by atoms with Gasteiger partial charge in [-0.15, -0.1) is 0 Å². The summed E-state index contributed by atoms with van der Waals surface area (Å²) in [6.45, 7) is 7.07. The molecule has 1 saturated heterocycles. The number of benzene rings is 2. The first-order valence-electron chi connectivity index (χ1n) is 9.80. The number of hydrogen-bond donors (Lipinski definition) is 0. The Hall–Kier alpha value is -3.14. The highest BCUT2D eigenvalue weighted by molar-refractivity contribution is 7.91. The molecule has 10 heteroatoms. The Kier molecular flexibility index (Phi) is 6.21. The third-order valence-electron chi connectivity index (χ3n) is 4.78. The molecule has 0 spiro atoms. The quantitative estimate of drug-likeness (QED) is 0.521. The Labute approximate surface area is 181 Å². The van der Waals surface area contributed by atoms with Crippen molar-refractivity contribution < 1.29 is 22.9 Å². The second-order valence-corrected chi connectivity index (χ2v) is 10.1. The molecule has 0 atom stereocenters. The van der Waals surface area contributed by atoms with Crippen LogP contribution in [-0.4, -0.2) is 56.1 Å². The maximum Gasteiger partial charge on any atom is 0.410 e. The van der Waals surface area contributed by atoms with E-state index in [1.807, 2.05) is 4.90 Å². The summed E-state index contributed by atoms with van der Waals surface area (Å²) in [6, 6.07) is 11.7. The summed E-state index contributed by atoms with van der Waals surface area (Å²) in [5, 5.41) is 11.7. The number of amides is 1. The fourth-order valence-corrected chi connectivity index (χ4v) is 4.70. The molecule has 2 aromatic carbocycles. The van der Waals surface area contributed by atoms with Crippen LogP contribution >= 0.6 is 0 Å². The molecule has 1 heterocycles. The maximum atomic E-state index is 12.9. The third-order valence-corrected chi connectivity index (χ3v) is 6.60. The van der Waals surface area contributed by atoms with Gasteiger partial charge in [-0.2, -0.15) is 0 Å². The number of nitro benzene ring substituents is 1. The summed E-state index contributed by atoms with van der Waals surface area (Å²) in [6.07, 6.45) is -0.401. The van der Waals surface area contributed by atoms with Crippen molar-refractivity contribution >= 4 is 27.3 Å². The lowest BCUT2D eigenvalue weighted by Crippen LogP contribution is -2.50. The van der Waals surface area contributed by atoms with Crippen molar-refractivity contribution in [3.8, 4) is 0 Å². The first kappa shape index (κ1) is 22.5. The molecule has 0 bridgehead atoms. The van der Waals surface area contributed by atoms with E-state index in [1.165, 1.54) is 24.3 Å². The Bertz CT molecular complexity index is 1070. The number of sulfone groups is 1. The number of carbonyl (C=O) groups excluding carboxylic acids is 1. The highest BCUT2D eigenvalue weighted by Crippen LogP contribution is 2.33. The Balaban J connectivity index is 1.81. The molecule has 0 N–H and O–H groups in total. The largest absolute Gasteiger partial charge is 0.444 e. The number of hydrogen-bond acceptors (Lipinski definition) is 7. The molecule has 2 aromatic rings. The van der Waals surface area contributed by atoms with Gasteiger partial charge in [0, 0.05) is 37.9 Å². The lowest BCUT2D eigenvalue weighted by atomic mass is 10.2. The fourth-order valence-electron chi connectivity index (χ4n) is 3.27. The third kappa shape index (κ3) is 5.13. The summed E-state index contributed by atoms with van der Waals surface area (Å²) in [7, 11) is -4.03. The van der Waals surface area contributed by atoms with Gasteiger partial charge in [-0.25, -0.2) is 13.2 Å². The average Bonchev–Trinajstić information content (AvgIpc) is 2.73. The molecular weight excluding hydrogens is 422 g/mol. The molecule has 0 radical (unpaired) electrons. The number of nitro groups is 1. The Morgan fingerprint density at radius 1 is 1.03 bits per heavy atom. The van der Waals surface area contributed by atoms with Crippen LogP contribution in [0, 0.1) is 10.1 Å². The first-order valence-corrected chi connectivity index (χ1v) is 11.3. The van der Waals surface area contributed by atoms with Gasteiger partial charge in [0.2, 0.25) is 9.84 Å². The van der Waals surface area contributed by atoms with Crippen LogP contribution in [0.1, 0.15) is 20.8 Å². The summed E-state index contributed by atoms with van der Waals surface area (Å²) in [5.74, 6) is 0. The molecule has 1 amide bonds. The standard InChI is InChI=1S/C21H25N3O6S/c1-21(2,3)30-20(25)23-13-11-22(12-14-23)16-9-10-19(18(15-16)24(26)27)31(28,29)17-7-5-4-6-8-17/h4-10,15H,11-14H2,1-3H3. The fraction of sp³-hybridized carbons (Fsp3) is 0.381. The molecular formula is C21H25N3O6S. The summed E-state index contributed by atoms with van der Waals surface area (Å²) >= 11 is 0. The van der Waals surface area contributed by atoms with E-state index >= 15 is 0 Å². The second-order valence-electron chi connectivity index (χ2n) is 8.18. The lowest BCUT2D eigenvalue weighted by molar-refractivity contribution is -0.387. The number of piperazine rings is 1. The van der Waals surface area contributed by atoms with Gasteiger partial charge < -0.3 is 14.5 Å². The normalized spacial score (nSPS) is 14.9. The Morgan fingerprint density at radius 2 is 1.65 bits per heavy atom. The highest BCUT2D eigenvalue weighted by Gasteiger charge is 2.30. The van der Waals surface area contributed by atoms with E-state index in [9.17, 15) is 23.3 Å². The molecule has 0 aromatic heterocycles. The molecule has 0 saturated carbocycles. The van der Waals surface area contributed by atoms with Crippen molar-refractivity contribution in [1.29, 1.82) is 0 Å². The van der Waals surface area contributed by atoms with E-state index in [1.54, 1.807) is 49.9 Å². The SMILES string of the molecule is CC(C)(C)OC(=O)N1CCN(c2ccc(S(=O)(=O)c3ccccc3)c([N+](=O)[O-])c2)CC1. The van der Waals surface area contributed by atoms with Gasteiger partial charge in [0.05, 0.1) is 9.82 Å². The van der Waals surface area contributed by atoms with Crippen molar-refractivity contribution in [2.75, 3.05) is 31.1 Å². The number of nitrogens with zero attached hydrogens (tertiary/aromatic N) is 3. The summed E-state index contributed by atoms with van der Waals surface area (Å²) in [4.78, 5) is 26.3. The van der Waals surface area contributed by atoms with E-state index in [4.69, 9.17) is 4.74 Å². The summed E-state index contributed by atoms with van der Waals surface area (Å²) < 4.78 is 31.2. The van der Waals surface area contributed by atoms with Crippen LogP contribution in [0.3, 0.4) is 0 Å². The zero-order valence-corrected chi connectivity index (χ0v) is 18.5. The Morgan fingerprint density at radius 3 is 2.19 bits per heavy atom. The van der Waals surface area contributed by atoms with Gasteiger partial charge in [0.15, 0.2) is 0 Å². The van der Waals surface area contributed by atoms with E-state index in [0.29, 0.717) is 31.9 Å². The van der Waals surface area contributed by atoms with E-state index < -0.39 is 32.1 Å². The van der Waals surface area contributed by atoms with Crippen LogP contribution in [0.25, 0.3) is 0 Å². The molecule has 1 fully saturated rings.